The molecular weight excluding hydrogens is 385 g/mol. The number of aromatic nitrogens is 3. The maximum atomic E-state index is 13.6. The Labute approximate surface area is 140 Å². The highest BCUT2D eigenvalue weighted by Crippen LogP contribution is 2.39. The van der Waals surface area contributed by atoms with E-state index in [0.717, 1.165) is 16.7 Å². The average Bonchev–Trinajstić information content (AvgIpc) is 3.00. The molecule has 0 saturated carbocycles. The van der Waals surface area contributed by atoms with Gasteiger partial charge in [0.25, 0.3) is 0 Å². The molecule has 8 heteroatoms. The first-order valence-electron chi connectivity index (χ1n) is 7.34. The van der Waals surface area contributed by atoms with Gasteiger partial charge in [0.2, 0.25) is 0 Å². The number of nitrogens with zero attached hydrogens (tertiary/aromatic N) is 2. The van der Waals surface area contributed by atoms with Crippen molar-refractivity contribution >= 4 is 42.4 Å². The number of H-pyrrole nitrogens is 1. The van der Waals surface area contributed by atoms with Crippen LogP contribution in [0.5, 0.6) is 0 Å². The Hall–Kier alpha value is -1.41. The molecule has 23 heavy (non-hydrogen) atoms. The molecule has 4 rings (SSSR count). The van der Waals surface area contributed by atoms with E-state index in [4.69, 9.17) is 0 Å². The monoisotopic (exact) mass is 399 g/mol. The van der Waals surface area contributed by atoms with E-state index >= 15 is 0 Å². The van der Waals surface area contributed by atoms with Gasteiger partial charge < -0.3 is 4.98 Å². The predicted octanol–water partition coefficient (Wildman–Crippen LogP) is 3.18. The van der Waals surface area contributed by atoms with Crippen molar-refractivity contribution in [2.45, 2.75) is 25.2 Å². The van der Waals surface area contributed by atoms with Crippen LogP contribution in [0.25, 0.3) is 16.7 Å². The zero-order valence-corrected chi connectivity index (χ0v) is 14.8. The molecule has 0 unspecified atom stereocenters. The zero-order valence-electron chi connectivity index (χ0n) is 12.4. The van der Waals surface area contributed by atoms with Crippen molar-refractivity contribution in [3.63, 3.8) is 0 Å². The fourth-order valence-corrected chi connectivity index (χ4v) is 5.67. The van der Waals surface area contributed by atoms with Gasteiger partial charge in [-0.15, -0.1) is 0 Å². The van der Waals surface area contributed by atoms with E-state index in [1.165, 1.54) is 12.1 Å². The number of benzene rings is 1. The largest absolute Gasteiger partial charge is 0.338 e. The molecule has 5 nitrogen and oxygen atoms in total. The van der Waals surface area contributed by atoms with Crippen LogP contribution in [0.1, 0.15) is 25.3 Å². The predicted molar refractivity (Wildman–Crippen MR) is 89.9 cm³/mol. The first-order valence-corrected chi connectivity index (χ1v) is 9.96. The van der Waals surface area contributed by atoms with Gasteiger partial charge in [0.15, 0.2) is 0 Å². The lowest BCUT2D eigenvalue weighted by molar-refractivity contribution is 0.421. The summed E-state index contributed by atoms with van der Waals surface area (Å²) < 4.78 is 39.4. The first-order chi connectivity index (χ1) is 10.8. The summed E-state index contributed by atoms with van der Waals surface area (Å²) in [5, 5.41) is 4.44. The fourth-order valence-electron chi connectivity index (χ4n) is 3.34. The molecule has 1 fully saturated rings. The van der Waals surface area contributed by atoms with Gasteiger partial charge >= 0.3 is 0 Å². The van der Waals surface area contributed by atoms with Gasteiger partial charge in [0.1, 0.15) is 26.8 Å². The standard InChI is InChI=1S/C15H15BrFN3O2S/c1-15(2-4-23(21,22)5-3-15)10-8-18-20-13-11(16)6-9(17)7-12(13)19-14(10)20/h6-8,19H,2-5H2,1H3. The van der Waals surface area contributed by atoms with Gasteiger partial charge in [0, 0.05) is 10.0 Å². The SMILES string of the molecule is CC1(c2cnn3c2[nH]c2cc(F)cc(Br)c23)CCS(=O)(=O)CC1. The van der Waals surface area contributed by atoms with Crippen molar-refractivity contribution in [2.24, 2.45) is 0 Å². The molecule has 1 aliphatic heterocycles. The van der Waals surface area contributed by atoms with Crippen LogP contribution in [0, 0.1) is 5.82 Å². The van der Waals surface area contributed by atoms with Crippen molar-refractivity contribution in [3.8, 4) is 0 Å². The quantitative estimate of drug-likeness (QED) is 0.682. The highest BCUT2D eigenvalue weighted by Gasteiger charge is 2.37. The number of imidazole rings is 1. The summed E-state index contributed by atoms with van der Waals surface area (Å²) in [6.45, 7) is 2.07. The van der Waals surface area contributed by atoms with Crippen LogP contribution < -0.4 is 0 Å². The van der Waals surface area contributed by atoms with E-state index < -0.39 is 9.84 Å². The summed E-state index contributed by atoms with van der Waals surface area (Å²) >= 11 is 3.38. The molecule has 3 aromatic rings. The summed E-state index contributed by atoms with van der Waals surface area (Å²) in [5.74, 6) is 0.0593. The molecule has 3 heterocycles. The minimum Gasteiger partial charge on any atom is -0.338 e. The maximum absolute atomic E-state index is 13.6. The summed E-state index contributed by atoms with van der Waals surface area (Å²) in [6, 6.07) is 2.85. The Balaban J connectivity index is 1.90. The molecule has 0 atom stereocenters. The van der Waals surface area contributed by atoms with E-state index in [2.05, 4.69) is 32.9 Å². The highest BCUT2D eigenvalue weighted by molar-refractivity contribution is 9.10. The lowest BCUT2D eigenvalue weighted by Crippen LogP contribution is -2.34. The number of fused-ring (bicyclic) bond motifs is 3. The first kappa shape index (κ1) is 15.1. The summed E-state index contributed by atoms with van der Waals surface area (Å²) in [7, 11) is -2.93. The third-order valence-corrected chi connectivity index (χ3v) is 7.10. The molecule has 0 bridgehead atoms. The number of sulfone groups is 1. The summed E-state index contributed by atoms with van der Waals surface area (Å²) in [5.41, 5.74) is 2.97. The van der Waals surface area contributed by atoms with Crippen molar-refractivity contribution in [1.82, 2.24) is 14.6 Å². The van der Waals surface area contributed by atoms with Gasteiger partial charge in [-0.25, -0.2) is 17.3 Å². The summed E-state index contributed by atoms with van der Waals surface area (Å²) in [4.78, 5) is 3.23. The normalized spacial score (nSPS) is 20.3. The van der Waals surface area contributed by atoms with E-state index in [1.807, 2.05) is 0 Å². The highest BCUT2D eigenvalue weighted by atomic mass is 79.9. The second-order valence-electron chi connectivity index (χ2n) is 6.44. The lowest BCUT2D eigenvalue weighted by atomic mass is 9.79. The van der Waals surface area contributed by atoms with Crippen molar-refractivity contribution in [3.05, 3.63) is 34.2 Å². The van der Waals surface area contributed by atoms with Gasteiger partial charge in [-0.2, -0.15) is 5.10 Å². The van der Waals surface area contributed by atoms with Crippen molar-refractivity contribution in [2.75, 3.05) is 11.5 Å². The van der Waals surface area contributed by atoms with Gasteiger partial charge in [-0.05, 0) is 46.3 Å². The second-order valence-corrected chi connectivity index (χ2v) is 9.60. The van der Waals surface area contributed by atoms with Crippen LogP contribution in [-0.4, -0.2) is 34.5 Å². The molecule has 1 N–H and O–H groups in total. The van der Waals surface area contributed by atoms with E-state index in [9.17, 15) is 12.8 Å². The molecule has 2 aromatic heterocycles. The molecule has 0 amide bonds. The fraction of sp³-hybridized carbons (Fsp3) is 0.400. The Morgan fingerprint density at radius 2 is 2.04 bits per heavy atom. The number of rotatable bonds is 1. The van der Waals surface area contributed by atoms with E-state index in [0.29, 0.717) is 22.8 Å². The molecule has 0 aliphatic carbocycles. The minimum atomic E-state index is -2.93. The van der Waals surface area contributed by atoms with Crippen molar-refractivity contribution in [1.29, 1.82) is 0 Å². The molecule has 0 radical (unpaired) electrons. The molecular formula is C15H15BrFN3O2S. The molecule has 122 valence electrons. The van der Waals surface area contributed by atoms with Crippen LogP contribution in [0.2, 0.25) is 0 Å². The lowest BCUT2D eigenvalue weighted by Gasteiger charge is -2.32. The number of nitrogens with one attached hydrogen (secondary N) is 1. The maximum Gasteiger partial charge on any atom is 0.150 e. The number of halogens is 2. The Morgan fingerprint density at radius 3 is 2.74 bits per heavy atom. The molecule has 0 spiro atoms. The average molecular weight is 400 g/mol. The smallest absolute Gasteiger partial charge is 0.150 e. The van der Waals surface area contributed by atoms with E-state index in [1.54, 1.807) is 10.7 Å². The number of hydrogen-bond acceptors (Lipinski definition) is 3. The van der Waals surface area contributed by atoms with Gasteiger partial charge in [-0.1, -0.05) is 6.92 Å². The molecule has 1 aliphatic rings. The van der Waals surface area contributed by atoms with Gasteiger partial charge in [-0.3, -0.25) is 0 Å². The van der Waals surface area contributed by atoms with Crippen LogP contribution in [0.3, 0.4) is 0 Å². The van der Waals surface area contributed by atoms with Crippen LogP contribution in [0.15, 0.2) is 22.8 Å². The van der Waals surface area contributed by atoms with Crippen LogP contribution in [0.4, 0.5) is 4.39 Å². The van der Waals surface area contributed by atoms with Gasteiger partial charge in [0.05, 0.1) is 23.2 Å². The van der Waals surface area contributed by atoms with E-state index in [-0.39, 0.29) is 22.7 Å². The number of aromatic amines is 1. The third kappa shape index (κ3) is 2.30. The number of hydrogen-bond donors (Lipinski definition) is 1. The minimum absolute atomic E-state index is 0.194. The Bertz CT molecular complexity index is 1020. The third-order valence-electron chi connectivity index (χ3n) is 4.84. The molecule has 1 aromatic carbocycles. The summed E-state index contributed by atoms with van der Waals surface area (Å²) in [6.07, 6.45) is 2.93. The topological polar surface area (TPSA) is 67.2 Å². The Morgan fingerprint density at radius 1 is 1.35 bits per heavy atom. The van der Waals surface area contributed by atoms with Crippen LogP contribution >= 0.6 is 15.9 Å². The Kier molecular flexibility index (Phi) is 3.16. The van der Waals surface area contributed by atoms with Crippen LogP contribution in [-0.2, 0) is 15.3 Å². The molecule has 1 saturated heterocycles. The zero-order chi connectivity index (χ0) is 16.4. The second kappa shape index (κ2) is 4.80. The van der Waals surface area contributed by atoms with Crippen molar-refractivity contribution < 1.29 is 12.8 Å².